The standard InChI is InChI=1S/C6H5BrO2/c1-3-4-9-6(8)5(2)7/h1H,2,4H2. The van der Waals surface area contributed by atoms with Gasteiger partial charge in [-0.25, -0.2) is 4.79 Å². The largest absolute Gasteiger partial charge is 0.449 e. The first kappa shape index (κ1) is 8.25. The topological polar surface area (TPSA) is 26.3 Å². The molecule has 0 aliphatic heterocycles. The molecule has 3 heteroatoms. The van der Waals surface area contributed by atoms with Gasteiger partial charge in [0.05, 0.1) is 4.48 Å². The van der Waals surface area contributed by atoms with E-state index in [4.69, 9.17) is 6.42 Å². The van der Waals surface area contributed by atoms with E-state index in [-0.39, 0.29) is 11.1 Å². The van der Waals surface area contributed by atoms with Crippen LogP contribution < -0.4 is 0 Å². The average molecular weight is 189 g/mol. The Balaban J connectivity index is 3.55. The minimum atomic E-state index is -0.520. The van der Waals surface area contributed by atoms with Crippen molar-refractivity contribution in [3.8, 4) is 12.3 Å². The van der Waals surface area contributed by atoms with E-state index in [2.05, 4.69) is 33.2 Å². The molecule has 0 unspecified atom stereocenters. The molecular weight excluding hydrogens is 184 g/mol. The summed E-state index contributed by atoms with van der Waals surface area (Å²) in [5, 5.41) is 0. The van der Waals surface area contributed by atoms with Gasteiger partial charge in [0.2, 0.25) is 0 Å². The summed E-state index contributed by atoms with van der Waals surface area (Å²) < 4.78 is 4.61. The summed E-state index contributed by atoms with van der Waals surface area (Å²) in [6.45, 7) is 3.27. The predicted molar refractivity (Wildman–Crippen MR) is 37.9 cm³/mol. The van der Waals surface area contributed by atoms with Gasteiger partial charge in [-0.2, -0.15) is 0 Å². The lowest BCUT2D eigenvalue weighted by Crippen LogP contribution is -2.02. The van der Waals surface area contributed by atoms with Gasteiger partial charge in [0.1, 0.15) is 0 Å². The lowest BCUT2D eigenvalue weighted by molar-refractivity contribution is -0.136. The zero-order chi connectivity index (χ0) is 7.28. The van der Waals surface area contributed by atoms with Crippen molar-refractivity contribution in [3.05, 3.63) is 11.1 Å². The number of esters is 1. The Morgan fingerprint density at radius 2 is 2.44 bits per heavy atom. The van der Waals surface area contributed by atoms with Crippen LogP contribution in [0.5, 0.6) is 0 Å². The van der Waals surface area contributed by atoms with Crippen molar-refractivity contribution in [2.45, 2.75) is 0 Å². The van der Waals surface area contributed by atoms with Gasteiger partial charge in [0.25, 0.3) is 0 Å². The molecule has 0 aliphatic rings. The zero-order valence-electron chi connectivity index (χ0n) is 4.69. The van der Waals surface area contributed by atoms with Crippen molar-refractivity contribution >= 4 is 21.9 Å². The van der Waals surface area contributed by atoms with Crippen molar-refractivity contribution in [2.75, 3.05) is 6.61 Å². The Morgan fingerprint density at radius 1 is 1.89 bits per heavy atom. The summed E-state index contributed by atoms with van der Waals surface area (Å²) in [6.07, 6.45) is 4.80. The maximum Gasteiger partial charge on any atom is 0.345 e. The van der Waals surface area contributed by atoms with Crippen LogP contribution in [0.2, 0.25) is 0 Å². The van der Waals surface area contributed by atoms with Crippen LogP contribution in [0.1, 0.15) is 0 Å². The Kier molecular flexibility index (Phi) is 3.81. The van der Waals surface area contributed by atoms with E-state index < -0.39 is 5.97 Å². The number of hydrogen-bond donors (Lipinski definition) is 0. The molecule has 0 bridgehead atoms. The van der Waals surface area contributed by atoms with Crippen molar-refractivity contribution in [2.24, 2.45) is 0 Å². The molecule has 0 aromatic heterocycles. The SMILES string of the molecule is C#CCOC(=O)C(=C)Br. The second kappa shape index (κ2) is 4.16. The first-order valence-electron chi connectivity index (χ1n) is 2.13. The minimum absolute atomic E-state index is 0.0105. The summed E-state index contributed by atoms with van der Waals surface area (Å²) in [4.78, 5) is 10.4. The molecule has 0 amide bonds. The maximum absolute atomic E-state index is 10.4. The number of terminal acetylenes is 1. The zero-order valence-corrected chi connectivity index (χ0v) is 6.27. The van der Waals surface area contributed by atoms with Crippen LogP contribution in [-0.2, 0) is 9.53 Å². The summed E-state index contributed by atoms with van der Waals surface area (Å²) in [5.74, 6) is 1.63. The molecule has 0 aromatic rings. The number of carbonyl (C=O) groups excluding carboxylic acids is 1. The van der Waals surface area contributed by atoms with Crippen LogP contribution in [0.25, 0.3) is 0 Å². The second-order valence-corrected chi connectivity index (χ2v) is 2.14. The third-order valence-corrected chi connectivity index (χ3v) is 0.832. The number of rotatable bonds is 2. The van der Waals surface area contributed by atoms with Gasteiger partial charge >= 0.3 is 5.97 Å². The normalized spacial score (nSPS) is 7.56. The Morgan fingerprint density at radius 3 is 2.78 bits per heavy atom. The molecular formula is C6H5BrO2. The number of carbonyl (C=O) groups is 1. The summed E-state index contributed by atoms with van der Waals surface area (Å²) in [5.41, 5.74) is 0. The van der Waals surface area contributed by atoms with Crippen LogP contribution >= 0.6 is 15.9 Å². The Labute approximate surface area is 62.0 Å². The van der Waals surface area contributed by atoms with E-state index in [1.165, 1.54) is 0 Å². The minimum Gasteiger partial charge on any atom is -0.449 e. The van der Waals surface area contributed by atoms with Crippen molar-refractivity contribution in [3.63, 3.8) is 0 Å². The highest BCUT2D eigenvalue weighted by atomic mass is 79.9. The van der Waals surface area contributed by atoms with Crippen LogP contribution in [0.4, 0.5) is 0 Å². The van der Waals surface area contributed by atoms with Gasteiger partial charge < -0.3 is 4.74 Å². The highest BCUT2D eigenvalue weighted by Crippen LogP contribution is 2.01. The molecule has 2 nitrogen and oxygen atoms in total. The summed E-state index contributed by atoms with van der Waals surface area (Å²) in [7, 11) is 0. The van der Waals surface area contributed by atoms with Crippen molar-refractivity contribution < 1.29 is 9.53 Å². The fourth-order valence-corrected chi connectivity index (χ4v) is 0.300. The van der Waals surface area contributed by atoms with E-state index in [1.54, 1.807) is 0 Å². The van der Waals surface area contributed by atoms with E-state index in [0.29, 0.717) is 0 Å². The average Bonchev–Trinajstić information content (AvgIpc) is 1.82. The smallest absolute Gasteiger partial charge is 0.345 e. The predicted octanol–water partition coefficient (Wildman–Crippen LogP) is 1.07. The van der Waals surface area contributed by atoms with E-state index in [1.807, 2.05) is 0 Å². The van der Waals surface area contributed by atoms with Gasteiger partial charge in [-0.05, 0) is 15.9 Å². The van der Waals surface area contributed by atoms with E-state index in [0.717, 1.165) is 0 Å². The number of hydrogen-bond acceptors (Lipinski definition) is 2. The van der Waals surface area contributed by atoms with Crippen LogP contribution in [0.3, 0.4) is 0 Å². The molecule has 0 aliphatic carbocycles. The van der Waals surface area contributed by atoms with Gasteiger partial charge in [-0.15, -0.1) is 6.42 Å². The van der Waals surface area contributed by atoms with Gasteiger partial charge in [-0.3, -0.25) is 0 Å². The van der Waals surface area contributed by atoms with E-state index >= 15 is 0 Å². The van der Waals surface area contributed by atoms with Crippen LogP contribution in [-0.4, -0.2) is 12.6 Å². The Hall–Kier alpha value is -0.750. The number of halogens is 1. The molecule has 0 fully saturated rings. The molecule has 48 valence electrons. The molecule has 0 saturated carbocycles. The lowest BCUT2D eigenvalue weighted by atomic mass is 10.6. The fraction of sp³-hybridized carbons (Fsp3) is 0.167. The monoisotopic (exact) mass is 188 g/mol. The molecule has 0 radical (unpaired) electrons. The Bertz CT molecular complexity index is 166. The van der Waals surface area contributed by atoms with Gasteiger partial charge in [0, 0.05) is 0 Å². The molecule has 0 aromatic carbocycles. The number of ether oxygens (including phenoxy) is 1. The van der Waals surface area contributed by atoms with Crippen molar-refractivity contribution in [1.82, 2.24) is 0 Å². The van der Waals surface area contributed by atoms with Crippen LogP contribution in [0.15, 0.2) is 11.1 Å². The van der Waals surface area contributed by atoms with E-state index in [9.17, 15) is 4.79 Å². The first-order valence-corrected chi connectivity index (χ1v) is 2.92. The quantitative estimate of drug-likeness (QED) is 0.369. The van der Waals surface area contributed by atoms with Crippen LogP contribution in [0, 0.1) is 12.3 Å². The highest BCUT2D eigenvalue weighted by Gasteiger charge is 2.01. The first-order chi connectivity index (χ1) is 4.18. The second-order valence-electron chi connectivity index (χ2n) is 1.19. The third kappa shape index (κ3) is 3.80. The molecule has 0 saturated heterocycles. The molecule has 0 N–H and O–H groups in total. The fourth-order valence-electron chi connectivity index (χ4n) is 0.186. The van der Waals surface area contributed by atoms with Gasteiger partial charge in [0.15, 0.2) is 6.61 Å². The molecule has 0 spiro atoms. The maximum atomic E-state index is 10.4. The summed E-state index contributed by atoms with van der Waals surface area (Å²) in [6, 6.07) is 0. The molecule has 9 heavy (non-hydrogen) atoms. The lowest BCUT2D eigenvalue weighted by Gasteiger charge is -1.95. The molecule has 0 atom stereocenters. The third-order valence-electron chi connectivity index (χ3n) is 0.508. The van der Waals surface area contributed by atoms with Gasteiger partial charge in [-0.1, -0.05) is 12.5 Å². The molecule has 0 rings (SSSR count). The molecule has 0 heterocycles. The summed E-state index contributed by atoms with van der Waals surface area (Å²) >= 11 is 2.83. The van der Waals surface area contributed by atoms with Crippen molar-refractivity contribution in [1.29, 1.82) is 0 Å². The highest BCUT2D eigenvalue weighted by molar-refractivity contribution is 9.12.